The molecule has 0 radical (unpaired) electrons. The van der Waals surface area contributed by atoms with Gasteiger partial charge in [0.25, 0.3) is 0 Å². The monoisotopic (exact) mass is 412 g/mol. The first-order valence-corrected chi connectivity index (χ1v) is 12.6. The van der Waals surface area contributed by atoms with Crippen molar-refractivity contribution in [3.63, 3.8) is 0 Å². The maximum Gasteiger partial charge on any atom is -0.00956 e. The Hall–Kier alpha value is -1.30. The van der Waals surface area contributed by atoms with E-state index < -0.39 is 0 Å². The van der Waals surface area contributed by atoms with Gasteiger partial charge in [0.1, 0.15) is 0 Å². The molecule has 172 valence electrons. The summed E-state index contributed by atoms with van der Waals surface area (Å²) >= 11 is 0. The lowest BCUT2D eigenvalue weighted by molar-refractivity contribution is 0.291. The van der Waals surface area contributed by atoms with E-state index in [0.717, 1.165) is 35.5 Å². The van der Waals surface area contributed by atoms with Crippen molar-refractivity contribution in [2.75, 3.05) is 0 Å². The van der Waals surface area contributed by atoms with Crippen molar-refractivity contribution in [3.05, 3.63) is 61.8 Å². The second-order valence-electron chi connectivity index (χ2n) is 9.90. The van der Waals surface area contributed by atoms with Gasteiger partial charge in [-0.2, -0.15) is 0 Å². The van der Waals surface area contributed by atoms with E-state index in [0.29, 0.717) is 5.41 Å². The maximum atomic E-state index is 3.00. The minimum Gasteiger partial charge on any atom is -0.106 e. The van der Waals surface area contributed by atoms with E-state index in [1.54, 1.807) is 0 Å². The van der Waals surface area contributed by atoms with Gasteiger partial charge in [0.05, 0.1) is 0 Å². The zero-order chi connectivity index (χ0) is 23.2. The molecular weight excluding hydrogens is 360 g/mol. The van der Waals surface area contributed by atoms with Crippen LogP contribution in [0, 0.1) is 40.9 Å². The van der Waals surface area contributed by atoms with Crippen LogP contribution in [0.25, 0.3) is 0 Å². The number of fused-ring (bicyclic) bond motifs is 3. The largest absolute Gasteiger partial charge is 0.106 e. The van der Waals surface area contributed by atoms with Crippen molar-refractivity contribution in [2.45, 2.75) is 87.5 Å². The normalized spacial score (nSPS) is 30.2. The van der Waals surface area contributed by atoms with Gasteiger partial charge in [0.15, 0.2) is 0 Å². The van der Waals surface area contributed by atoms with Gasteiger partial charge >= 0.3 is 0 Å². The van der Waals surface area contributed by atoms with E-state index in [-0.39, 0.29) is 0 Å². The third kappa shape index (κ3) is 9.23. The van der Waals surface area contributed by atoms with Gasteiger partial charge in [-0.05, 0) is 47.3 Å². The molecule has 4 aliphatic rings. The molecule has 0 bridgehead atoms. The highest BCUT2D eigenvalue weighted by Gasteiger charge is 2.47. The van der Waals surface area contributed by atoms with Crippen LogP contribution in [-0.2, 0) is 0 Å². The van der Waals surface area contributed by atoms with Gasteiger partial charge in [0.2, 0.25) is 0 Å². The van der Waals surface area contributed by atoms with E-state index in [2.05, 4.69) is 89.5 Å². The molecule has 0 heterocycles. The molecule has 2 fully saturated rings. The average molecular weight is 413 g/mol. The van der Waals surface area contributed by atoms with Gasteiger partial charge in [-0.15, -0.1) is 13.2 Å². The molecule has 4 rings (SSSR count). The van der Waals surface area contributed by atoms with Gasteiger partial charge < -0.3 is 0 Å². The highest BCUT2D eigenvalue weighted by molar-refractivity contribution is 5.28. The Morgan fingerprint density at radius 3 is 1.27 bits per heavy atom. The number of allylic oxidation sites excluding steroid dienone is 8. The standard InChI is InChI=1S/C19H24.C5H12.2C2H6.C2H4/c1-2-8-14(7-1)13-19-17-11-5-3-9-15(17)16-10-4-6-12-18(16)19;1-5(2,3)4;3*1-2/h3-6,9-12,14-19H,1-2,7-8,13H2;1-4H3;2*1-2H3;1-2H2. The van der Waals surface area contributed by atoms with Gasteiger partial charge in [-0.25, -0.2) is 0 Å². The molecule has 0 aromatic rings. The van der Waals surface area contributed by atoms with E-state index >= 15 is 0 Å². The smallest absolute Gasteiger partial charge is 0.00956 e. The molecule has 0 saturated heterocycles. The van der Waals surface area contributed by atoms with Crippen molar-refractivity contribution >= 4 is 0 Å². The first kappa shape index (κ1) is 28.7. The zero-order valence-electron chi connectivity index (χ0n) is 21.5. The van der Waals surface area contributed by atoms with Crippen LogP contribution in [0.2, 0.25) is 0 Å². The summed E-state index contributed by atoms with van der Waals surface area (Å²) < 4.78 is 0. The third-order valence-corrected chi connectivity index (χ3v) is 5.96. The number of rotatable bonds is 2. The number of hydrogen-bond donors (Lipinski definition) is 0. The Bertz CT molecular complexity index is 493. The van der Waals surface area contributed by atoms with E-state index in [1.807, 2.05) is 27.7 Å². The predicted molar refractivity (Wildman–Crippen MR) is 140 cm³/mol. The topological polar surface area (TPSA) is 0 Å². The molecular formula is C30H52. The fourth-order valence-electron chi connectivity index (χ4n) is 5.11. The quantitative estimate of drug-likeness (QED) is 0.396. The molecule has 0 N–H and O–H groups in total. The second-order valence-corrected chi connectivity index (χ2v) is 9.90. The minimum atomic E-state index is 0.500. The van der Waals surface area contributed by atoms with E-state index in [9.17, 15) is 0 Å². The van der Waals surface area contributed by atoms with Crippen LogP contribution in [0.1, 0.15) is 87.5 Å². The predicted octanol–water partition coefficient (Wildman–Crippen LogP) is 9.82. The summed E-state index contributed by atoms with van der Waals surface area (Å²) in [5.41, 5.74) is 0.500. The average Bonchev–Trinajstić information content (AvgIpc) is 3.39. The van der Waals surface area contributed by atoms with Crippen molar-refractivity contribution in [3.8, 4) is 0 Å². The molecule has 0 nitrogen and oxygen atoms in total. The van der Waals surface area contributed by atoms with Crippen LogP contribution >= 0.6 is 0 Å². The van der Waals surface area contributed by atoms with Crippen molar-refractivity contribution < 1.29 is 0 Å². The van der Waals surface area contributed by atoms with Crippen molar-refractivity contribution in [2.24, 2.45) is 40.9 Å². The molecule has 2 saturated carbocycles. The molecule has 0 aromatic carbocycles. The Balaban J connectivity index is 0.000000657. The SMILES string of the molecule is C1=CC2C3C=CC=CC3C(CC3CCCC3)C2C=C1.C=C.CC.CC.CC(C)(C)C. The third-order valence-electron chi connectivity index (χ3n) is 5.96. The lowest BCUT2D eigenvalue weighted by Crippen LogP contribution is -2.19. The molecule has 4 atom stereocenters. The summed E-state index contributed by atoms with van der Waals surface area (Å²) in [5, 5.41) is 0. The Kier molecular flexibility index (Phi) is 14.8. The summed E-state index contributed by atoms with van der Waals surface area (Å²) in [6, 6.07) is 0. The van der Waals surface area contributed by atoms with Crippen LogP contribution in [0.3, 0.4) is 0 Å². The molecule has 4 aliphatic carbocycles. The fourth-order valence-corrected chi connectivity index (χ4v) is 5.11. The van der Waals surface area contributed by atoms with Crippen LogP contribution in [0.15, 0.2) is 61.8 Å². The molecule has 4 unspecified atom stereocenters. The minimum absolute atomic E-state index is 0.500. The van der Waals surface area contributed by atoms with E-state index in [4.69, 9.17) is 0 Å². The highest BCUT2D eigenvalue weighted by atomic mass is 14.5. The zero-order valence-corrected chi connectivity index (χ0v) is 21.5. The molecule has 0 amide bonds. The van der Waals surface area contributed by atoms with Crippen LogP contribution in [-0.4, -0.2) is 0 Å². The van der Waals surface area contributed by atoms with Crippen LogP contribution < -0.4 is 0 Å². The summed E-state index contributed by atoms with van der Waals surface area (Å²) in [6.07, 6.45) is 26.5. The maximum absolute atomic E-state index is 3.00. The van der Waals surface area contributed by atoms with E-state index in [1.165, 1.54) is 32.1 Å². The molecule has 0 aromatic heterocycles. The fraction of sp³-hybridized carbons (Fsp3) is 0.667. The summed E-state index contributed by atoms with van der Waals surface area (Å²) in [5.74, 6) is 5.04. The van der Waals surface area contributed by atoms with Crippen molar-refractivity contribution in [1.82, 2.24) is 0 Å². The molecule has 0 spiro atoms. The second kappa shape index (κ2) is 15.5. The van der Waals surface area contributed by atoms with Gasteiger partial charge in [0, 0.05) is 0 Å². The summed E-state index contributed by atoms with van der Waals surface area (Å²) in [4.78, 5) is 0. The molecule has 0 aliphatic heterocycles. The molecule has 30 heavy (non-hydrogen) atoms. The first-order valence-electron chi connectivity index (χ1n) is 12.6. The Morgan fingerprint density at radius 1 is 0.633 bits per heavy atom. The highest BCUT2D eigenvalue weighted by Crippen LogP contribution is 2.54. The lowest BCUT2D eigenvalue weighted by Gasteiger charge is -2.26. The Morgan fingerprint density at radius 2 is 0.933 bits per heavy atom. The summed E-state index contributed by atoms with van der Waals surface area (Å²) in [6.45, 7) is 22.8. The van der Waals surface area contributed by atoms with Gasteiger partial charge in [-0.3, -0.25) is 0 Å². The first-order chi connectivity index (χ1) is 14.4. The Labute approximate surface area is 190 Å². The summed E-state index contributed by atoms with van der Waals surface area (Å²) in [7, 11) is 0. The van der Waals surface area contributed by atoms with Gasteiger partial charge in [-0.1, -0.05) is 130 Å². The molecule has 0 heteroatoms. The van der Waals surface area contributed by atoms with Crippen LogP contribution in [0.5, 0.6) is 0 Å². The lowest BCUT2D eigenvalue weighted by atomic mass is 9.78. The van der Waals surface area contributed by atoms with Crippen molar-refractivity contribution in [1.29, 1.82) is 0 Å². The van der Waals surface area contributed by atoms with Crippen LogP contribution in [0.4, 0.5) is 0 Å². The number of hydrogen-bond acceptors (Lipinski definition) is 0.